The van der Waals surface area contributed by atoms with Gasteiger partial charge in [0.1, 0.15) is 11.5 Å². The Labute approximate surface area is 129 Å². The molecule has 0 radical (unpaired) electrons. The van der Waals surface area contributed by atoms with E-state index < -0.39 is 11.7 Å². The number of hydrogen-bond acceptors (Lipinski definition) is 1. The molecule has 112 valence electrons. The molecule has 2 aromatic rings. The first kappa shape index (κ1) is 15.9. The third kappa shape index (κ3) is 4.49. The Bertz CT molecular complexity index is 596. The van der Waals surface area contributed by atoms with Gasteiger partial charge in [-0.1, -0.05) is 40.2 Å². The molecule has 0 aliphatic carbocycles. The number of aryl methyl sites for hydroxylation is 1. The van der Waals surface area contributed by atoms with Crippen LogP contribution < -0.4 is 4.74 Å². The van der Waals surface area contributed by atoms with E-state index in [9.17, 15) is 13.2 Å². The van der Waals surface area contributed by atoms with Gasteiger partial charge < -0.3 is 4.74 Å². The van der Waals surface area contributed by atoms with E-state index in [0.717, 1.165) is 35.9 Å². The molecule has 0 aromatic heterocycles. The van der Waals surface area contributed by atoms with Crippen LogP contribution in [0.5, 0.6) is 11.5 Å². The summed E-state index contributed by atoms with van der Waals surface area (Å²) in [6.07, 6.45) is -2.63. The SMILES string of the molecule is FC(F)(F)c1cccc(Oc2ccccc2CCCBr)c1. The molecule has 0 saturated carbocycles. The Morgan fingerprint density at radius 3 is 2.48 bits per heavy atom. The summed E-state index contributed by atoms with van der Waals surface area (Å²) in [6.45, 7) is 0. The molecule has 0 amide bonds. The summed E-state index contributed by atoms with van der Waals surface area (Å²) < 4.78 is 43.7. The molecule has 0 aliphatic rings. The normalized spacial score (nSPS) is 11.4. The average molecular weight is 359 g/mol. The number of benzene rings is 2. The van der Waals surface area contributed by atoms with Gasteiger partial charge in [0.05, 0.1) is 5.56 Å². The van der Waals surface area contributed by atoms with Crippen molar-refractivity contribution in [3.8, 4) is 11.5 Å². The van der Waals surface area contributed by atoms with Gasteiger partial charge in [-0.3, -0.25) is 0 Å². The highest BCUT2D eigenvalue weighted by Crippen LogP contribution is 2.33. The van der Waals surface area contributed by atoms with E-state index in [1.165, 1.54) is 12.1 Å². The number of ether oxygens (including phenoxy) is 1. The van der Waals surface area contributed by atoms with Crippen LogP contribution in [-0.2, 0) is 12.6 Å². The van der Waals surface area contributed by atoms with Gasteiger partial charge in [-0.15, -0.1) is 0 Å². The quantitative estimate of drug-likeness (QED) is 0.611. The molecule has 0 bridgehead atoms. The summed E-state index contributed by atoms with van der Waals surface area (Å²) in [6, 6.07) is 12.3. The molecule has 0 unspecified atom stereocenters. The zero-order valence-corrected chi connectivity index (χ0v) is 12.7. The van der Waals surface area contributed by atoms with Crippen molar-refractivity contribution >= 4 is 15.9 Å². The van der Waals surface area contributed by atoms with Gasteiger partial charge in [-0.25, -0.2) is 0 Å². The molecule has 0 atom stereocenters. The van der Waals surface area contributed by atoms with Crippen molar-refractivity contribution in [1.29, 1.82) is 0 Å². The predicted octanol–water partition coefficient (Wildman–Crippen LogP) is 5.83. The third-order valence-corrected chi connectivity index (χ3v) is 3.50. The van der Waals surface area contributed by atoms with Crippen molar-refractivity contribution in [3.63, 3.8) is 0 Å². The number of alkyl halides is 4. The van der Waals surface area contributed by atoms with E-state index in [0.29, 0.717) is 5.75 Å². The summed E-state index contributed by atoms with van der Waals surface area (Å²) in [5.74, 6) is 0.786. The highest BCUT2D eigenvalue weighted by Gasteiger charge is 2.30. The number of hydrogen-bond donors (Lipinski definition) is 0. The molecule has 0 aliphatic heterocycles. The Morgan fingerprint density at radius 1 is 1.00 bits per heavy atom. The van der Waals surface area contributed by atoms with E-state index in [1.54, 1.807) is 12.1 Å². The molecule has 1 nitrogen and oxygen atoms in total. The summed E-state index contributed by atoms with van der Waals surface area (Å²) in [7, 11) is 0. The Hall–Kier alpha value is -1.49. The maximum Gasteiger partial charge on any atom is 0.416 e. The number of rotatable bonds is 5. The molecule has 0 N–H and O–H groups in total. The van der Waals surface area contributed by atoms with Crippen molar-refractivity contribution in [2.45, 2.75) is 19.0 Å². The van der Waals surface area contributed by atoms with Crippen LogP contribution in [0.15, 0.2) is 48.5 Å². The first-order valence-electron chi connectivity index (χ1n) is 6.49. The van der Waals surface area contributed by atoms with Crippen LogP contribution in [0, 0.1) is 0 Å². The highest BCUT2D eigenvalue weighted by molar-refractivity contribution is 9.09. The van der Waals surface area contributed by atoms with Crippen LogP contribution >= 0.6 is 15.9 Å². The van der Waals surface area contributed by atoms with Crippen LogP contribution in [0.4, 0.5) is 13.2 Å². The molecule has 5 heteroatoms. The molecular formula is C16H14BrF3O. The monoisotopic (exact) mass is 358 g/mol. The first-order valence-corrected chi connectivity index (χ1v) is 7.62. The molecule has 2 rings (SSSR count). The molecular weight excluding hydrogens is 345 g/mol. The zero-order chi connectivity index (χ0) is 15.3. The van der Waals surface area contributed by atoms with Gasteiger partial charge in [0, 0.05) is 5.33 Å². The lowest BCUT2D eigenvalue weighted by atomic mass is 10.1. The predicted molar refractivity (Wildman–Crippen MR) is 80.1 cm³/mol. The van der Waals surface area contributed by atoms with Crippen LogP contribution in [0.1, 0.15) is 17.5 Å². The Balaban J connectivity index is 2.22. The van der Waals surface area contributed by atoms with Crippen LogP contribution in [0.25, 0.3) is 0 Å². The Morgan fingerprint density at radius 2 is 1.76 bits per heavy atom. The second-order valence-electron chi connectivity index (χ2n) is 4.53. The van der Waals surface area contributed by atoms with Crippen molar-refractivity contribution in [2.24, 2.45) is 0 Å². The van der Waals surface area contributed by atoms with E-state index in [-0.39, 0.29) is 5.75 Å². The fourth-order valence-electron chi connectivity index (χ4n) is 1.93. The second kappa shape index (κ2) is 6.98. The lowest BCUT2D eigenvalue weighted by Crippen LogP contribution is -2.04. The van der Waals surface area contributed by atoms with Crippen LogP contribution in [-0.4, -0.2) is 5.33 Å². The van der Waals surface area contributed by atoms with Gasteiger partial charge in [-0.05, 0) is 42.7 Å². The van der Waals surface area contributed by atoms with Crippen LogP contribution in [0.2, 0.25) is 0 Å². The van der Waals surface area contributed by atoms with Crippen LogP contribution in [0.3, 0.4) is 0 Å². The van der Waals surface area contributed by atoms with Crippen molar-refractivity contribution < 1.29 is 17.9 Å². The third-order valence-electron chi connectivity index (χ3n) is 2.94. The minimum absolute atomic E-state index is 0.191. The van der Waals surface area contributed by atoms with E-state index in [4.69, 9.17) is 4.74 Å². The van der Waals surface area contributed by atoms with Gasteiger partial charge in [-0.2, -0.15) is 13.2 Å². The Kier molecular flexibility index (Phi) is 5.28. The average Bonchev–Trinajstić information content (AvgIpc) is 2.46. The molecule has 21 heavy (non-hydrogen) atoms. The summed E-state index contributed by atoms with van der Waals surface area (Å²) in [4.78, 5) is 0. The topological polar surface area (TPSA) is 9.23 Å². The second-order valence-corrected chi connectivity index (χ2v) is 5.32. The smallest absolute Gasteiger partial charge is 0.416 e. The maximum absolute atomic E-state index is 12.7. The maximum atomic E-state index is 12.7. The van der Waals surface area contributed by atoms with E-state index in [1.807, 2.05) is 12.1 Å². The lowest BCUT2D eigenvalue weighted by Gasteiger charge is -2.12. The van der Waals surface area contributed by atoms with Crippen molar-refractivity contribution in [3.05, 3.63) is 59.7 Å². The van der Waals surface area contributed by atoms with Gasteiger partial charge in [0.2, 0.25) is 0 Å². The summed E-state index contributed by atoms with van der Waals surface area (Å²) >= 11 is 3.36. The fourth-order valence-corrected chi connectivity index (χ4v) is 2.21. The minimum atomic E-state index is -4.37. The zero-order valence-electron chi connectivity index (χ0n) is 11.2. The van der Waals surface area contributed by atoms with Crippen molar-refractivity contribution in [2.75, 3.05) is 5.33 Å². The van der Waals surface area contributed by atoms with Crippen molar-refractivity contribution in [1.82, 2.24) is 0 Å². The lowest BCUT2D eigenvalue weighted by molar-refractivity contribution is -0.137. The highest BCUT2D eigenvalue weighted by atomic mass is 79.9. The molecule has 0 heterocycles. The number of para-hydroxylation sites is 1. The molecule has 2 aromatic carbocycles. The standard InChI is InChI=1S/C16H14BrF3O/c17-10-4-6-12-5-1-2-9-15(12)21-14-8-3-7-13(11-14)16(18,19)20/h1-3,5,7-9,11H,4,6,10H2. The number of halogens is 4. The summed E-state index contributed by atoms with van der Waals surface area (Å²) in [5, 5.41) is 0.866. The first-order chi connectivity index (χ1) is 10.0. The molecule has 0 spiro atoms. The molecule has 0 saturated heterocycles. The van der Waals surface area contributed by atoms with E-state index in [2.05, 4.69) is 15.9 Å². The van der Waals surface area contributed by atoms with Gasteiger partial charge >= 0.3 is 6.18 Å². The minimum Gasteiger partial charge on any atom is -0.457 e. The largest absolute Gasteiger partial charge is 0.457 e. The van der Waals surface area contributed by atoms with E-state index >= 15 is 0 Å². The fraction of sp³-hybridized carbons (Fsp3) is 0.250. The van der Waals surface area contributed by atoms with Gasteiger partial charge in [0.15, 0.2) is 0 Å². The summed E-state index contributed by atoms with van der Waals surface area (Å²) in [5.41, 5.74) is 0.271. The van der Waals surface area contributed by atoms with Gasteiger partial charge in [0.25, 0.3) is 0 Å². The molecule has 0 fully saturated rings.